The topological polar surface area (TPSA) is 35.2 Å². The van der Waals surface area contributed by atoms with E-state index in [2.05, 4.69) is 5.92 Å². The normalized spacial score (nSPS) is 8.57. The van der Waals surface area contributed by atoms with Crippen LogP contribution in [0.3, 0.4) is 0 Å². The SMILES string of the molecule is C#CCOc1ccc(CCN)cc1.Cl. The summed E-state index contributed by atoms with van der Waals surface area (Å²) >= 11 is 0. The van der Waals surface area contributed by atoms with Crippen molar-refractivity contribution in [3.8, 4) is 18.1 Å². The van der Waals surface area contributed by atoms with Crippen molar-refractivity contribution in [1.82, 2.24) is 0 Å². The van der Waals surface area contributed by atoms with Crippen molar-refractivity contribution >= 4 is 12.4 Å². The van der Waals surface area contributed by atoms with E-state index in [9.17, 15) is 0 Å². The minimum absolute atomic E-state index is 0. The molecule has 0 saturated carbocycles. The van der Waals surface area contributed by atoms with Gasteiger partial charge < -0.3 is 10.5 Å². The van der Waals surface area contributed by atoms with Gasteiger partial charge in [-0.3, -0.25) is 0 Å². The van der Waals surface area contributed by atoms with Crippen molar-refractivity contribution in [2.45, 2.75) is 6.42 Å². The fraction of sp³-hybridized carbons (Fsp3) is 0.273. The molecule has 0 heterocycles. The Balaban J connectivity index is 0.00000169. The van der Waals surface area contributed by atoms with Crippen molar-refractivity contribution in [3.05, 3.63) is 29.8 Å². The smallest absolute Gasteiger partial charge is 0.148 e. The molecule has 1 rings (SSSR count). The Morgan fingerprint density at radius 1 is 1.29 bits per heavy atom. The Hall–Kier alpha value is -1.17. The Labute approximate surface area is 90.9 Å². The van der Waals surface area contributed by atoms with Gasteiger partial charge >= 0.3 is 0 Å². The van der Waals surface area contributed by atoms with Crippen molar-refractivity contribution in [2.24, 2.45) is 5.73 Å². The van der Waals surface area contributed by atoms with E-state index in [1.807, 2.05) is 24.3 Å². The highest BCUT2D eigenvalue weighted by molar-refractivity contribution is 5.85. The number of hydrogen-bond donors (Lipinski definition) is 1. The first kappa shape index (κ1) is 12.8. The van der Waals surface area contributed by atoms with Gasteiger partial charge in [0.15, 0.2) is 0 Å². The quantitative estimate of drug-likeness (QED) is 0.769. The number of nitrogens with two attached hydrogens (primary N) is 1. The third kappa shape index (κ3) is 4.18. The minimum Gasteiger partial charge on any atom is -0.481 e. The first-order chi connectivity index (χ1) is 6.36. The molecule has 0 aliphatic carbocycles. The van der Waals surface area contributed by atoms with E-state index in [-0.39, 0.29) is 12.4 Å². The highest BCUT2D eigenvalue weighted by atomic mass is 35.5. The van der Waals surface area contributed by atoms with Gasteiger partial charge in [0.05, 0.1) is 0 Å². The molecule has 0 unspecified atom stereocenters. The van der Waals surface area contributed by atoms with E-state index in [1.165, 1.54) is 5.56 Å². The fourth-order valence-corrected chi connectivity index (χ4v) is 1.04. The third-order valence-corrected chi connectivity index (χ3v) is 1.68. The van der Waals surface area contributed by atoms with Crippen LogP contribution in [-0.2, 0) is 6.42 Å². The molecule has 76 valence electrons. The van der Waals surface area contributed by atoms with Gasteiger partial charge in [0.2, 0.25) is 0 Å². The van der Waals surface area contributed by atoms with Crippen molar-refractivity contribution < 1.29 is 4.74 Å². The highest BCUT2D eigenvalue weighted by Gasteiger charge is 1.93. The summed E-state index contributed by atoms with van der Waals surface area (Å²) in [6.45, 7) is 0.987. The van der Waals surface area contributed by atoms with E-state index < -0.39 is 0 Å². The number of terminal acetylenes is 1. The average molecular weight is 212 g/mol. The predicted molar refractivity (Wildman–Crippen MR) is 60.8 cm³/mol. The molecule has 1 aromatic carbocycles. The van der Waals surface area contributed by atoms with Crippen LogP contribution in [0.5, 0.6) is 5.75 Å². The minimum atomic E-state index is 0. The van der Waals surface area contributed by atoms with Gasteiger partial charge in [-0.05, 0) is 30.7 Å². The Kier molecular flexibility index (Phi) is 6.65. The van der Waals surface area contributed by atoms with Crippen molar-refractivity contribution in [3.63, 3.8) is 0 Å². The second-order valence-corrected chi connectivity index (χ2v) is 2.68. The lowest BCUT2D eigenvalue weighted by atomic mass is 10.1. The van der Waals surface area contributed by atoms with Crippen molar-refractivity contribution in [1.29, 1.82) is 0 Å². The lowest BCUT2D eigenvalue weighted by molar-refractivity contribution is 0.370. The molecule has 2 nitrogen and oxygen atoms in total. The van der Waals surface area contributed by atoms with Crippen LogP contribution in [0.1, 0.15) is 5.56 Å². The van der Waals surface area contributed by atoms with Gasteiger partial charge in [-0.25, -0.2) is 0 Å². The van der Waals surface area contributed by atoms with Crippen LogP contribution in [0.4, 0.5) is 0 Å². The molecule has 0 radical (unpaired) electrons. The fourth-order valence-electron chi connectivity index (χ4n) is 1.04. The van der Waals surface area contributed by atoms with Crippen LogP contribution in [-0.4, -0.2) is 13.2 Å². The Morgan fingerprint density at radius 2 is 1.93 bits per heavy atom. The van der Waals surface area contributed by atoms with Gasteiger partial charge in [0.25, 0.3) is 0 Å². The van der Waals surface area contributed by atoms with Gasteiger partial charge in [0.1, 0.15) is 12.4 Å². The molecule has 0 aromatic heterocycles. The molecule has 1 aromatic rings. The maximum absolute atomic E-state index is 5.42. The maximum Gasteiger partial charge on any atom is 0.148 e. The molecule has 0 bridgehead atoms. The van der Waals surface area contributed by atoms with Gasteiger partial charge in [-0.1, -0.05) is 18.1 Å². The molecule has 14 heavy (non-hydrogen) atoms. The van der Waals surface area contributed by atoms with Gasteiger partial charge in [-0.2, -0.15) is 0 Å². The predicted octanol–water partition coefficient (Wildman–Crippen LogP) is 1.62. The summed E-state index contributed by atoms with van der Waals surface area (Å²) in [6, 6.07) is 7.81. The molecule has 0 aliphatic heterocycles. The molecule has 0 atom stereocenters. The lowest BCUT2D eigenvalue weighted by Crippen LogP contribution is -2.02. The molecule has 0 saturated heterocycles. The zero-order valence-electron chi connectivity index (χ0n) is 7.90. The summed E-state index contributed by atoms with van der Waals surface area (Å²) in [5, 5.41) is 0. The van der Waals surface area contributed by atoms with Crippen molar-refractivity contribution in [2.75, 3.05) is 13.2 Å². The first-order valence-electron chi connectivity index (χ1n) is 4.22. The molecule has 0 spiro atoms. The van der Waals surface area contributed by atoms with Gasteiger partial charge in [-0.15, -0.1) is 18.8 Å². The largest absolute Gasteiger partial charge is 0.481 e. The summed E-state index contributed by atoms with van der Waals surface area (Å²) in [5.74, 6) is 3.22. The van der Waals surface area contributed by atoms with Crippen LogP contribution >= 0.6 is 12.4 Å². The van der Waals surface area contributed by atoms with E-state index in [1.54, 1.807) is 0 Å². The van der Waals surface area contributed by atoms with Gasteiger partial charge in [0, 0.05) is 0 Å². The average Bonchev–Trinajstić information content (AvgIpc) is 2.17. The Morgan fingerprint density at radius 3 is 2.43 bits per heavy atom. The van der Waals surface area contributed by atoms with E-state index in [4.69, 9.17) is 16.9 Å². The zero-order valence-corrected chi connectivity index (χ0v) is 8.72. The maximum atomic E-state index is 5.42. The molecule has 0 fully saturated rings. The lowest BCUT2D eigenvalue weighted by Gasteiger charge is -2.03. The molecular formula is C11H14ClNO. The van der Waals surface area contributed by atoms with E-state index >= 15 is 0 Å². The zero-order chi connectivity index (χ0) is 9.52. The van der Waals surface area contributed by atoms with Crippen LogP contribution in [0, 0.1) is 12.3 Å². The number of ether oxygens (including phenoxy) is 1. The van der Waals surface area contributed by atoms with E-state index in [0.29, 0.717) is 13.2 Å². The van der Waals surface area contributed by atoms with E-state index in [0.717, 1.165) is 12.2 Å². The molecule has 0 amide bonds. The summed E-state index contributed by atoms with van der Waals surface area (Å²) in [7, 11) is 0. The number of hydrogen-bond acceptors (Lipinski definition) is 2. The number of benzene rings is 1. The second-order valence-electron chi connectivity index (χ2n) is 2.68. The molecule has 2 N–H and O–H groups in total. The first-order valence-corrected chi connectivity index (χ1v) is 4.22. The van der Waals surface area contributed by atoms with Crippen LogP contribution in [0.25, 0.3) is 0 Å². The number of halogens is 1. The molecule has 3 heteroatoms. The van der Waals surface area contributed by atoms with Crippen LogP contribution in [0.15, 0.2) is 24.3 Å². The monoisotopic (exact) mass is 211 g/mol. The second kappa shape index (κ2) is 7.25. The highest BCUT2D eigenvalue weighted by Crippen LogP contribution is 2.11. The number of rotatable bonds is 4. The summed E-state index contributed by atoms with van der Waals surface area (Å²) in [6.07, 6.45) is 5.96. The van der Waals surface area contributed by atoms with Crippen LogP contribution < -0.4 is 10.5 Å². The third-order valence-electron chi connectivity index (χ3n) is 1.68. The summed E-state index contributed by atoms with van der Waals surface area (Å²) < 4.78 is 5.22. The molecule has 0 aliphatic rings. The molecular weight excluding hydrogens is 198 g/mol. The Bertz CT molecular complexity index is 289. The van der Waals surface area contributed by atoms with Crippen LogP contribution in [0.2, 0.25) is 0 Å². The summed E-state index contributed by atoms with van der Waals surface area (Å²) in [5.41, 5.74) is 6.64. The standard InChI is InChI=1S/C11H13NO.ClH/c1-2-9-13-11-5-3-10(4-6-11)7-8-12;/h1,3-6H,7-9,12H2;1H. The summed E-state index contributed by atoms with van der Waals surface area (Å²) in [4.78, 5) is 0.